The molecule has 2 aromatic rings. The standard InChI is InChI=1S/C61H76N4O20/c1-28-20-34-50(38(67)23-36(53(34)72)65-59(77)29(2)14-12-17-40(81-7)58(85-60(62)78)31(4)22-30(3)51(70)41(21-28)82-8)63-19-11-9-10-18-44(69)64-37-24-45(83-32(5)52(37)71)84-42-26-61(79,43(68)27-66)25-35-47(42)57(76)49-48(55(35)74)54(73)33-15-13-16-39(80-6)46(33)56(49)75/h12-17,22-23,28,30,32,37,40-42,45,51-52,58,63,66,70-71,74,76,79H,9-11,18-21,24-27H2,1-8H3,(H2,62,78)(H,64,69)(H,65,77)/b17-12-,29-14-,31-22-/t28-,30+,32-,37-,40+,41+,42-,45-,51+,52+,58+,61-/m1/s1. The number of allylic oxidation sites excluding steroid dienone is 4. The maximum absolute atomic E-state index is 14.2. The van der Waals surface area contributed by atoms with E-state index in [1.807, 2.05) is 6.92 Å². The summed E-state index contributed by atoms with van der Waals surface area (Å²) in [5, 5.41) is 76.5. The van der Waals surface area contributed by atoms with Crippen LogP contribution in [-0.4, -0.2) is 167 Å². The van der Waals surface area contributed by atoms with Crippen LogP contribution in [0.2, 0.25) is 0 Å². The van der Waals surface area contributed by atoms with Gasteiger partial charge in [-0.05, 0) is 64.0 Å². The van der Waals surface area contributed by atoms with E-state index in [0.717, 1.165) is 6.08 Å². The molecule has 1 fully saturated rings. The first kappa shape index (κ1) is 65.1. The zero-order valence-electron chi connectivity index (χ0n) is 48.7. The molecule has 7 rings (SSSR count). The third-order valence-corrected chi connectivity index (χ3v) is 16.3. The Morgan fingerprint density at radius 1 is 0.894 bits per heavy atom. The number of fused-ring (bicyclic) bond motifs is 5. The molecule has 2 heterocycles. The van der Waals surface area contributed by atoms with Gasteiger partial charge in [0.2, 0.25) is 23.3 Å². The van der Waals surface area contributed by atoms with Crippen molar-refractivity contribution in [2.24, 2.45) is 17.6 Å². The predicted octanol–water partition coefficient (Wildman–Crippen LogP) is 3.08. The fourth-order valence-electron chi connectivity index (χ4n) is 11.7. The van der Waals surface area contributed by atoms with Crippen molar-refractivity contribution in [1.29, 1.82) is 0 Å². The highest BCUT2D eigenvalue weighted by Gasteiger charge is 2.51. The molecule has 11 N–H and O–H groups in total. The van der Waals surface area contributed by atoms with E-state index >= 15 is 0 Å². The summed E-state index contributed by atoms with van der Waals surface area (Å²) >= 11 is 0. The first-order valence-corrected chi connectivity index (χ1v) is 28.1. The smallest absolute Gasteiger partial charge is 0.405 e. The zero-order valence-corrected chi connectivity index (χ0v) is 48.7. The molecular weight excluding hydrogens is 1110 g/mol. The molecule has 12 atom stereocenters. The van der Waals surface area contributed by atoms with E-state index < -0.39 is 155 Å². The SMILES string of the molecule is COc1cccc2c1C(=O)c1c(O)c3c(c(O)c1C2=O)C[C@](O)(C(=O)CO)C[C@H]3O[C@@H]1C[C@@H](NC(=O)CCCCCNC2=C3C[C@@H](C)C[C@H](OC)[C@@H](O)[C@@H](C)/C=C(/C)[C@H](OC(N)=O)[C@@H](OC)/C=C\C=C(\C)C(=O)NC(=CC2=O)C3=O)[C@@H](O)[C@@H](C)O1. The Bertz CT molecular complexity index is 3140. The highest BCUT2D eigenvalue weighted by atomic mass is 16.7. The van der Waals surface area contributed by atoms with Crippen LogP contribution in [0.25, 0.3) is 0 Å². The number of aliphatic hydroxyl groups excluding tert-OH is 3. The largest absolute Gasteiger partial charge is 0.507 e. The van der Waals surface area contributed by atoms with Gasteiger partial charge in [0.1, 0.15) is 41.7 Å². The minimum absolute atomic E-state index is 0.0112. The Hall–Kier alpha value is -7.42. The van der Waals surface area contributed by atoms with Gasteiger partial charge in [-0.15, -0.1) is 0 Å². The number of phenolic OH excluding ortho intramolecular Hbond substituents is 2. The number of hydrogen-bond acceptors (Lipinski definition) is 21. The Labute approximate surface area is 491 Å². The summed E-state index contributed by atoms with van der Waals surface area (Å²) in [4.78, 5) is 108. The van der Waals surface area contributed by atoms with Gasteiger partial charge in [0.25, 0.3) is 5.91 Å². The molecule has 460 valence electrons. The second-order valence-corrected chi connectivity index (χ2v) is 22.3. The molecule has 2 aromatic carbocycles. The third kappa shape index (κ3) is 14.1. The number of rotatable bonds is 16. The highest BCUT2D eigenvalue weighted by Crippen LogP contribution is 2.53. The average molecular weight is 1190 g/mol. The number of primary amides is 1. The molecule has 0 radical (unpaired) electrons. The number of ketones is 5. The van der Waals surface area contributed by atoms with E-state index in [-0.39, 0.29) is 88.7 Å². The second kappa shape index (κ2) is 27.7. The Kier molecular flexibility index (Phi) is 21.3. The summed E-state index contributed by atoms with van der Waals surface area (Å²) in [6.45, 7) is 7.38. The lowest BCUT2D eigenvalue weighted by molar-refractivity contribution is -0.249. The van der Waals surface area contributed by atoms with Crippen LogP contribution in [0.5, 0.6) is 17.2 Å². The van der Waals surface area contributed by atoms with E-state index in [2.05, 4.69) is 16.0 Å². The topological polar surface area (TPSA) is 375 Å². The van der Waals surface area contributed by atoms with Gasteiger partial charge in [0.15, 0.2) is 24.0 Å². The van der Waals surface area contributed by atoms with Crippen molar-refractivity contribution >= 4 is 46.8 Å². The average Bonchev–Trinajstić information content (AvgIpc) is 0.974. The molecule has 1 saturated heterocycles. The number of methoxy groups -OCH3 is 3. The summed E-state index contributed by atoms with van der Waals surface area (Å²) in [5.74, 6) is -7.47. The quantitative estimate of drug-likeness (QED) is 0.0426. The second-order valence-electron chi connectivity index (χ2n) is 22.3. The van der Waals surface area contributed by atoms with Crippen molar-refractivity contribution in [2.45, 2.75) is 153 Å². The number of amides is 3. The Balaban J connectivity index is 1.01. The first-order chi connectivity index (χ1) is 40.3. The molecule has 3 aliphatic carbocycles. The lowest BCUT2D eigenvalue weighted by atomic mass is 9.72. The molecular formula is C61H76N4O20. The molecule has 3 amide bonds. The lowest BCUT2D eigenvalue weighted by Gasteiger charge is -2.43. The van der Waals surface area contributed by atoms with Gasteiger partial charge in [0, 0.05) is 86.3 Å². The number of aromatic hydroxyl groups is 2. The van der Waals surface area contributed by atoms with Gasteiger partial charge >= 0.3 is 6.09 Å². The number of carbonyl (C=O) groups is 8. The number of unbranched alkanes of at least 4 members (excludes halogenated alkanes) is 2. The number of aliphatic hydroxyl groups is 4. The van der Waals surface area contributed by atoms with Crippen molar-refractivity contribution in [2.75, 3.05) is 34.5 Å². The minimum atomic E-state index is -2.40. The van der Waals surface area contributed by atoms with E-state index in [1.54, 1.807) is 26.0 Å². The molecule has 24 heteroatoms. The number of carbonyl (C=O) groups excluding carboxylic acids is 8. The van der Waals surface area contributed by atoms with Gasteiger partial charge in [-0.25, -0.2) is 4.79 Å². The summed E-state index contributed by atoms with van der Waals surface area (Å²) in [6, 6.07) is 3.28. The monoisotopic (exact) mass is 1180 g/mol. The molecule has 2 aliphatic heterocycles. The van der Waals surface area contributed by atoms with Crippen molar-refractivity contribution in [1.82, 2.24) is 16.0 Å². The van der Waals surface area contributed by atoms with E-state index in [0.29, 0.717) is 24.8 Å². The van der Waals surface area contributed by atoms with Gasteiger partial charge in [-0.3, -0.25) is 33.6 Å². The van der Waals surface area contributed by atoms with Gasteiger partial charge in [-0.2, -0.15) is 0 Å². The normalized spacial score (nSPS) is 30.0. The van der Waals surface area contributed by atoms with Crippen LogP contribution in [0, 0.1) is 11.8 Å². The predicted molar refractivity (Wildman–Crippen MR) is 302 cm³/mol. The van der Waals surface area contributed by atoms with Gasteiger partial charge in [0.05, 0.1) is 65.7 Å². The number of nitrogens with one attached hydrogen (secondary N) is 3. The van der Waals surface area contributed by atoms with Gasteiger partial charge in [-0.1, -0.05) is 56.7 Å². The van der Waals surface area contributed by atoms with Crippen molar-refractivity contribution in [3.05, 3.63) is 110 Å². The maximum Gasteiger partial charge on any atom is 0.405 e. The molecule has 24 nitrogen and oxygen atoms in total. The van der Waals surface area contributed by atoms with E-state index in [1.165, 1.54) is 65.5 Å². The fraction of sp³-hybridized carbons (Fsp3) is 0.508. The maximum atomic E-state index is 14.2. The van der Waals surface area contributed by atoms with Crippen LogP contribution in [0.15, 0.2) is 76.7 Å². The summed E-state index contributed by atoms with van der Waals surface area (Å²) in [7, 11) is 4.13. The number of hydrogen-bond donors (Lipinski definition) is 10. The summed E-state index contributed by atoms with van der Waals surface area (Å²) in [5.41, 5.74) is 1.68. The molecule has 0 spiro atoms. The van der Waals surface area contributed by atoms with Crippen LogP contribution in [0.1, 0.15) is 135 Å². The molecule has 5 aliphatic rings. The molecule has 2 bridgehead atoms. The number of phenols is 2. The Morgan fingerprint density at radius 3 is 2.28 bits per heavy atom. The van der Waals surface area contributed by atoms with Gasteiger partial charge < -0.3 is 80.7 Å². The third-order valence-electron chi connectivity index (χ3n) is 16.3. The summed E-state index contributed by atoms with van der Waals surface area (Å²) in [6.07, 6.45) is -2.58. The van der Waals surface area contributed by atoms with E-state index in [9.17, 15) is 69.0 Å². The van der Waals surface area contributed by atoms with Crippen LogP contribution < -0.4 is 26.4 Å². The van der Waals surface area contributed by atoms with Crippen LogP contribution in [-0.2, 0) is 54.1 Å². The summed E-state index contributed by atoms with van der Waals surface area (Å²) < 4.78 is 34.4. The first-order valence-electron chi connectivity index (χ1n) is 28.1. The number of Topliss-reactive ketones (excluding diaryl/α,β-unsaturated/α-hetero) is 2. The van der Waals surface area contributed by atoms with Crippen molar-refractivity contribution in [3.63, 3.8) is 0 Å². The molecule has 0 unspecified atom stereocenters. The van der Waals surface area contributed by atoms with Crippen LogP contribution >= 0.6 is 0 Å². The zero-order chi connectivity index (χ0) is 62.4. The molecule has 85 heavy (non-hydrogen) atoms. The van der Waals surface area contributed by atoms with E-state index in [4.69, 9.17) is 34.2 Å². The number of ether oxygens (including phenoxy) is 6. The van der Waals surface area contributed by atoms with Crippen LogP contribution in [0.4, 0.5) is 4.79 Å². The fourth-order valence-corrected chi connectivity index (χ4v) is 11.7. The number of nitrogens with two attached hydrogens (primary N) is 1. The molecule has 0 aromatic heterocycles. The highest BCUT2D eigenvalue weighted by molar-refractivity contribution is 6.31. The number of benzene rings is 2. The minimum Gasteiger partial charge on any atom is -0.507 e. The Morgan fingerprint density at radius 2 is 1.61 bits per heavy atom. The molecule has 0 saturated carbocycles. The van der Waals surface area contributed by atoms with Crippen molar-refractivity contribution < 1.29 is 97.4 Å². The van der Waals surface area contributed by atoms with Crippen LogP contribution in [0.3, 0.4) is 0 Å². The lowest BCUT2D eigenvalue weighted by Crippen LogP contribution is -2.55. The van der Waals surface area contributed by atoms with Crippen molar-refractivity contribution in [3.8, 4) is 17.2 Å².